The van der Waals surface area contributed by atoms with Crippen LogP contribution in [0.4, 0.5) is 0 Å². The van der Waals surface area contributed by atoms with E-state index in [-0.39, 0.29) is 17.7 Å². The fourth-order valence-corrected chi connectivity index (χ4v) is 3.79. The first-order valence-electron chi connectivity index (χ1n) is 5.75. The summed E-state index contributed by atoms with van der Waals surface area (Å²) in [5.74, 6) is -1.10. The number of carboxylic acid groups (broad SMARTS) is 1. The summed E-state index contributed by atoms with van der Waals surface area (Å²) in [5.41, 5.74) is 0. The molecule has 18 heavy (non-hydrogen) atoms. The molecule has 1 fully saturated rings. The summed E-state index contributed by atoms with van der Waals surface area (Å²) in [6.45, 7) is 2.92. The number of rotatable bonds is 2. The molecule has 0 bridgehead atoms. The van der Waals surface area contributed by atoms with Crippen molar-refractivity contribution in [2.24, 2.45) is 11.8 Å². The van der Waals surface area contributed by atoms with Crippen molar-refractivity contribution < 1.29 is 14.7 Å². The molecule has 2 heterocycles. The summed E-state index contributed by atoms with van der Waals surface area (Å²) >= 11 is 4.76. The second kappa shape index (κ2) is 5.40. The van der Waals surface area contributed by atoms with Crippen molar-refractivity contribution in [3.8, 4) is 0 Å². The molecule has 1 aromatic heterocycles. The van der Waals surface area contributed by atoms with Crippen LogP contribution in [0.1, 0.15) is 23.0 Å². The molecule has 2 rings (SSSR count). The van der Waals surface area contributed by atoms with Crippen LogP contribution in [0.15, 0.2) is 15.9 Å². The summed E-state index contributed by atoms with van der Waals surface area (Å²) in [7, 11) is 0. The number of thiophene rings is 1. The van der Waals surface area contributed by atoms with Crippen molar-refractivity contribution in [3.05, 3.63) is 20.8 Å². The van der Waals surface area contributed by atoms with Crippen molar-refractivity contribution in [3.63, 3.8) is 0 Å². The number of amides is 1. The summed E-state index contributed by atoms with van der Waals surface area (Å²) in [6.07, 6.45) is 0.533. The topological polar surface area (TPSA) is 57.6 Å². The average Bonchev–Trinajstić information content (AvgIpc) is 2.74. The Balaban J connectivity index is 2.07. The number of carbonyl (C=O) groups excluding carboxylic acids is 1. The van der Waals surface area contributed by atoms with Gasteiger partial charge in [-0.2, -0.15) is 0 Å². The molecule has 2 unspecified atom stereocenters. The van der Waals surface area contributed by atoms with Crippen LogP contribution in [-0.2, 0) is 4.79 Å². The van der Waals surface area contributed by atoms with E-state index in [2.05, 4.69) is 15.9 Å². The molecule has 1 saturated heterocycles. The number of carboxylic acids is 1. The van der Waals surface area contributed by atoms with Gasteiger partial charge in [-0.1, -0.05) is 6.92 Å². The van der Waals surface area contributed by atoms with E-state index in [9.17, 15) is 9.59 Å². The van der Waals surface area contributed by atoms with E-state index in [1.165, 1.54) is 11.3 Å². The number of hydrogen-bond donors (Lipinski definition) is 1. The summed E-state index contributed by atoms with van der Waals surface area (Å²) in [4.78, 5) is 25.7. The Labute approximate surface area is 118 Å². The molecule has 1 aliphatic heterocycles. The first-order chi connectivity index (χ1) is 8.50. The van der Waals surface area contributed by atoms with Gasteiger partial charge in [-0.3, -0.25) is 9.59 Å². The van der Waals surface area contributed by atoms with Crippen LogP contribution in [0, 0.1) is 11.8 Å². The number of likely N-dealkylation sites (tertiary alicyclic amines) is 1. The van der Waals surface area contributed by atoms with Crippen LogP contribution in [0.2, 0.25) is 0 Å². The molecule has 0 spiro atoms. The maximum atomic E-state index is 12.3. The molecule has 0 saturated carbocycles. The number of carbonyl (C=O) groups is 2. The molecular formula is C12H14BrNO3S. The van der Waals surface area contributed by atoms with E-state index in [1.807, 2.05) is 18.4 Å². The first kappa shape index (κ1) is 13.5. The van der Waals surface area contributed by atoms with E-state index in [4.69, 9.17) is 5.11 Å². The van der Waals surface area contributed by atoms with Gasteiger partial charge in [-0.05, 0) is 39.7 Å². The van der Waals surface area contributed by atoms with Gasteiger partial charge in [0.05, 0.1) is 5.92 Å². The Bertz CT molecular complexity index is 474. The van der Waals surface area contributed by atoms with Crippen LogP contribution in [0.3, 0.4) is 0 Å². The highest BCUT2D eigenvalue weighted by molar-refractivity contribution is 9.10. The molecule has 4 nitrogen and oxygen atoms in total. The molecular weight excluding hydrogens is 318 g/mol. The lowest BCUT2D eigenvalue weighted by Crippen LogP contribution is -2.44. The molecule has 2 atom stereocenters. The van der Waals surface area contributed by atoms with E-state index < -0.39 is 5.97 Å². The minimum Gasteiger partial charge on any atom is -0.481 e. The highest BCUT2D eigenvalue weighted by atomic mass is 79.9. The molecule has 6 heteroatoms. The highest BCUT2D eigenvalue weighted by Gasteiger charge is 2.33. The van der Waals surface area contributed by atoms with Crippen molar-refractivity contribution in [2.75, 3.05) is 13.1 Å². The van der Waals surface area contributed by atoms with Gasteiger partial charge in [0, 0.05) is 17.6 Å². The Hall–Kier alpha value is -0.880. The third-order valence-corrected chi connectivity index (χ3v) is 5.15. The fraction of sp³-hybridized carbons (Fsp3) is 0.500. The standard InChI is InChI=1S/C12H14BrNO3S/c1-7-6-14(4-2-8(7)12(16)17)11(15)10-9(13)3-5-18-10/h3,5,7-8H,2,4,6H2,1H3,(H,16,17). The lowest BCUT2D eigenvalue weighted by atomic mass is 9.87. The van der Waals surface area contributed by atoms with E-state index in [0.29, 0.717) is 24.4 Å². The number of aliphatic carboxylic acids is 1. The highest BCUT2D eigenvalue weighted by Crippen LogP contribution is 2.28. The van der Waals surface area contributed by atoms with Gasteiger partial charge in [0.25, 0.3) is 5.91 Å². The normalized spacial score (nSPS) is 24.0. The molecule has 1 aromatic rings. The average molecular weight is 332 g/mol. The largest absolute Gasteiger partial charge is 0.481 e. The van der Waals surface area contributed by atoms with E-state index in [1.54, 1.807) is 4.90 Å². The molecule has 1 N–H and O–H groups in total. The lowest BCUT2D eigenvalue weighted by Gasteiger charge is -2.34. The molecule has 0 aromatic carbocycles. The minimum atomic E-state index is -0.757. The Kier molecular flexibility index (Phi) is 4.07. The number of piperidine rings is 1. The smallest absolute Gasteiger partial charge is 0.306 e. The number of nitrogens with zero attached hydrogens (tertiary/aromatic N) is 1. The van der Waals surface area contributed by atoms with Crippen molar-refractivity contribution >= 4 is 39.1 Å². The maximum absolute atomic E-state index is 12.3. The van der Waals surface area contributed by atoms with Crippen LogP contribution >= 0.6 is 27.3 Å². The Morgan fingerprint density at radius 2 is 2.28 bits per heavy atom. The van der Waals surface area contributed by atoms with Gasteiger partial charge in [0.15, 0.2) is 0 Å². The van der Waals surface area contributed by atoms with Crippen LogP contribution < -0.4 is 0 Å². The van der Waals surface area contributed by atoms with Gasteiger partial charge in [0.2, 0.25) is 0 Å². The summed E-state index contributed by atoms with van der Waals surface area (Å²) in [6, 6.07) is 1.85. The fourth-order valence-electron chi connectivity index (χ4n) is 2.29. The zero-order valence-electron chi connectivity index (χ0n) is 9.93. The third kappa shape index (κ3) is 2.59. The molecule has 98 valence electrons. The predicted molar refractivity (Wildman–Crippen MR) is 72.8 cm³/mol. The maximum Gasteiger partial charge on any atom is 0.306 e. The zero-order chi connectivity index (χ0) is 13.3. The quantitative estimate of drug-likeness (QED) is 0.906. The van der Waals surface area contributed by atoms with E-state index >= 15 is 0 Å². The summed E-state index contributed by atoms with van der Waals surface area (Å²) < 4.78 is 0.811. The Morgan fingerprint density at radius 3 is 2.78 bits per heavy atom. The van der Waals surface area contributed by atoms with Gasteiger partial charge in [-0.15, -0.1) is 11.3 Å². The molecule has 0 aliphatic carbocycles. The van der Waals surface area contributed by atoms with Gasteiger partial charge < -0.3 is 10.0 Å². The third-order valence-electron chi connectivity index (χ3n) is 3.32. The molecule has 0 radical (unpaired) electrons. The summed E-state index contributed by atoms with van der Waals surface area (Å²) in [5, 5.41) is 10.9. The van der Waals surface area contributed by atoms with Crippen LogP contribution in [0.5, 0.6) is 0 Å². The van der Waals surface area contributed by atoms with Gasteiger partial charge in [0.1, 0.15) is 4.88 Å². The SMILES string of the molecule is CC1CN(C(=O)c2sccc2Br)CCC1C(=O)O. The minimum absolute atomic E-state index is 0.000984. The number of hydrogen-bond acceptors (Lipinski definition) is 3. The van der Waals surface area contributed by atoms with Gasteiger partial charge in [-0.25, -0.2) is 0 Å². The molecule has 1 aliphatic rings. The second-order valence-corrected chi connectivity index (χ2v) is 6.33. The zero-order valence-corrected chi connectivity index (χ0v) is 12.3. The lowest BCUT2D eigenvalue weighted by molar-refractivity contribution is -0.145. The van der Waals surface area contributed by atoms with Crippen LogP contribution in [-0.4, -0.2) is 35.0 Å². The van der Waals surface area contributed by atoms with Crippen molar-refractivity contribution in [1.82, 2.24) is 4.90 Å². The first-order valence-corrected chi connectivity index (χ1v) is 7.43. The van der Waals surface area contributed by atoms with Crippen LogP contribution in [0.25, 0.3) is 0 Å². The van der Waals surface area contributed by atoms with Crippen molar-refractivity contribution in [2.45, 2.75) is 13.3 Å². The Morgan fingerprint density at radius 1 is 1.56 bits per heavy atom. The number of halogens is 1. The van der Waals surface area contributed by atoms with Crippen molar-refractivity contribution in [1.29, 1.82) is 0 Å². The second-order valence-electron chi connectivity index (χ2n) is 4.56. The predicted octanol–water partition coefficient (Wildman–Crippen LogP) is 2.69. The monoisotopic (exact) mass is 331 g/mol. The molecule has 1 amide bonds. The van der Waals surface area contributed by atoms with Gasteiger partial charge >= 0.3 is 5.97 Å². The van der Waals surface area contributed by atoms with E-state index in [0.717, 1.165) is 4.47 Å².